The molecule has 6 atom stereocenters. The maximum atomic E-state index is 12.7. The summed E-state index contributed by atoms with van der Waals surface area (Å²) in [4.78, 5) is 46.1. The van der Waals surface area contributed by atoms with Crippen molar-refractivity contribution in [2.24, 2.45) is 0 Å². The Morgan fingerprint density at radius 3 is 2.34 bits per heavy atom. The van der Waals surface area contributed by atoms with Crippen molar-refractivity contribution in [1.82, 2.24) is 25.0 Å². The molecule has 7 N–H and O–H groups in total. The van der Waals surface area contributed by atoms with Crippen LogP contribution in [0.15, 0.2) is 5.16 Å². The quantitative estimate of drug-likeness (QED) is 0.0449. The number of halogens is 5. The fourth-order valence-corrected chi connectivity index (χ4v) is 8.68. The Bertz CT molecular complexity index is 1480. The second kappa shape index (κ2) is 14.4. The minimum absolute atomic E-state index is 0.0268. The van der Waals surface area contributed by atoms with Crippen LogP contribution >= 0.6 is 69.7 Å². The second-order valence-corrected chi connectivity index (χ2v) is 18.8. The minimum Gasteiger partial charge on any atom is -0.387 e. The van der Waals surface area contributed by atoms with E-state index in [-0.39, 0.29) is 22.1 Å². The summed E-state index contributed by atoms with van der Waals surface area (Å²) in [5, 5.41) is 31.7. The summed E-state index contributed by atoms with van der Waals surface area (Å²) >= 11 is 12.6. The van der Waals surface area contributed by atoms with Gasteiger partial charge in [-0.2, -0.15) is 29.6 Å². The highest BCUT2D eigenvalue weighted by Gasteiger charge is 2.62. The first-order valence-electron chi connectivity index (χ1n) is 11.6. The van der Waals surface area contributed by atoms with Crippen LogP contribution in [0.2, 0.25) is 0 Å². The molecule has 28 heteroatoms. The molecule has 0 aromatic carbocycles. The van der Waals surface area contributed by atoms with Crippen molar-refractivity contribution in [3.05, 3.63) is 0 Å². The highest BCUT2D eigenvalue weighted by Crippen LogP contribution is 2.79. The topological polar surface area (TPSA) is 269 Å². The van der Waals surface area contributed by atoms with Crippen LogP contribution in [-0.2, 0) is 27.3 Å². The van der Waals surface area contributed by atoms with E-state index in [0.29, 0.717) is 24.1 Å². The van der Waals surface area contributed by atoms with E-state index in [4.69, 9.17) is 37.7 Å². The molecule has 3 rings (SSSR count). The van der Waals surface area contributed by atoms with E-state index in [0.717, 1.165) is 4.68 Å². The molecule has 0 bridgehead atoms. The summed E-state index contributed by atoms with van der Waals surface area (Å²) in [7, 11) is -17.5. The number of rotatable bonds is 15. The predicted octanol–water partition coefficient (Wildman–Crippen LogP) is 2.25. The molecule has 2 unspecified atom stereocenters. The Morgan fingerprint density at radius 2 is 1.75 bits per heavy atom. The van der Waals surface area contributed by atoms with E-state index in [1.165, 1.54) is 11.8 Å². The zero-order valence-corrected chi connectivity index (χ0v) is 27.6. The molecular weight excluding hydrogens is 753 g/mol. The Hall–Kier alpha value is -0.320. The largest absolute Gasteiger partial charge is 0.479 e. The van der Waals surface area contributed by atoms with Crippen LogP contribution in [0.25, 0.3) is 11.2 Å². The second-order valence-electron chi connectivity index (χ2n) is 8.66. The molecule has 0 spiro atoms. The van der Waals surface area contributed by atoms with Crippen molar-refractivity contribution in [3.8, 4) is 0 Å². The maximum Gasteiger partial charge on any atom is 0.479 e. The van der Waals surface area contributed by atoms with Gasteiger partial charge in [0.1, 0.15) is 18.3 Å². The van der Waals surface area contributed by atoms with Gasteiger partial charge >= 0.3 is 33.0 Å². The molecule has 44 heavy (non-hydrogen) atoms. The molecule has 1 aliphatic heterocycles. The SMILES string of the molecule is CSCCNc1nc(SCCC(F)(F)F)nc2c1nnn2[C@@H]1O[C@H](COP(=O)(O)OP(=O)(O)C(Cl)(Cl)P(=O)(O)O)[C@H](O)[C@@H]1O. The van der Waals surface area contributed by atoms with Crippen molar-refractivity contribution in [2.75, 3.05) is 36.2 Å². The first kappa shape index (κ1) is 38.1. The fraction of sp³-hybridized carbons (Fsp3) is 0.750. The van der Waals surface area contributed by atoms with Gasteiger partial charge in [0.25, 0.3) is 0 Å². The summed E-state index contributed by atoms with van der Waals surface area (Å²) in [6.07, 6.45) is -10.7. The molecule has 2 aromatic heterocycles. The molecule has 0 radical (unpaired) electrons. The van der Waals surface area contributed by atoms with Gasteiger partial charge in [-0.15, -0.1) is 5.10 Å². The number of nitrogens with zero attached hydrogens (tertiary/aromatic N) is 5. The van der Waals surface area contributed by atoms with Gasteiger partial charge in [-0.05, 0) is 6.26 Å². The molecule has 0 amide bonds. The van der Waals surface area contributed by atoms with Gasteiger partial charge in [0.05, 0.1) is 13.0 Å². The van der Waals surface area contributed by atoms with Gasteiger partial charge in [-0.1, -0.05) is 40.2 Å². The van der Waals surface area contributed by atoms with Crippen molar-refractivity contribution in [1.29, 1.82) is 0 Å². The minimum atomic E-state index is -5.98. The van der Waals surface area contributed by atoms with Gasteiger partial charge in [0.15, 0.2) is 28.4 Å². The van der Waals surface area contributed by atoms with Crippen molar-refractivity contribution in [3.63, 3.8) is 0 Å². The fourth-order valence-electron chi connectivity index (χ4n) is 3.31. The predicted molar refractivity (Wildman–Crippen MR) is 150 cm³/mol. The van der Waals surface area contributed by atoms with Crippen LogP contribution in [0.4, 0.5) is 19.0 Å². The normalized spacial score (nSPS) is 24.4. The third-order valence-electron chi connectivity index (χ3n) is 5.40. The Morgan fingerprint density at radius 1 is 1.09 bits per heavy atom. The zero-order chi connectivity index (χ0) is 33.3. The van der Waals surface area contributed by atoms with E-state index in [9.17, 15) is 46.9 Å². The van der Waals surface area contributed by atoms with E-state index in [2.05, 4.69) is 34.4 Å². The molecule has 3 heterocycles. The number of aromatic nitrogens is 5. The number of phosphoric ester groups is 1. The van der Waals surface area contributed by atoms with E-state index < -0.39 is 76.3 Å². The number of aliphatic hydroxyl groups excluding tert-OH is 2. The van der Waals surface area contributed by atoms with Crippen LogP contribution in [-0.4, -0.2) is 114 Å². The Kier molecular flexibility index (Phi) is 12.5. The summed E-state index contributed by atoms with van der Waals surface area (Å²) in [5.74, 6) is 0.303. The molecular formula is C16H24Cl2F3N6O12P3S2. The standard InChI is InChI=1S/C16H24Cl2F3N6O12P3S2/c1-43-5-3-22-11-8-12(24-14(23-11)44-4-2-15(19,20)21)27(26-25-8)13-10(29)9(28)7(38-13)6-37-42(35,36)39-41(33,34)16(17,18)40(30,31)32/h7,9-10,13,28-29H,2-6H2,1H3,(H,33,34)(H,35,36)(H,22,23,24)(H2,30,31,32)/t7-,9+,10+,13-/m1/s1. The lowest BCUT2D eigenvalue weighted by Crippen LogP contribution is -2.33. The first-order chi connectivity index (χ1) is 20.1. The van der Waals surface area contributed by atoms with Gasteiger partial charge in [0, 0.05) is 18.1 Å². The maximum absolute atomic E-state index is 12.7. The lowest BCUT2D eigenvalue weighted by atomic mass is 10.1. The number of hydrogen-bond donors (Lipinski definition) is 7. The molecule has 252 valence electrons. The summed E-state index contributed by atoms with van der Waals surface area (Å²) < 4.78 is 84.7. The molecule has 1 saturated heterocycles. The molecule has 1 fully saturated rings. The number of fused-ring (bicyclic) bond motifs is 1. The summed E-state index contributed by atoms with van der Waals surface area (Å²) in [6, 6.07) is 0. The highest BCUT2D eigenvalue weighted by atomic mass is 35.5. The summed E-state index contributed by atoms with van der Waals surface area (Å²) in [6.45, 7) is -0.752. The lowest BCUT2D eigenvalue weighted by Gasteiger charge is -2.26. The third-order valence-corrected chi connectivity index (χ3v) is 14.6. The molecule has 2 aromatic rings. The van der Waals surface area contributed by atoms with Gasteiger partial charge in [-0.3, -0.25) is 13.7 Å². The van der Waals surface area contributed by atoms with Crippen LogP contribution in [0.5, 0.6) is 0 Å². The molecule has 18 nitrogen and oxygen atoms in total. The number of alkyl halides is 5. The first-order valence-corrected chi connectivity index (χ1v) is 19.4. The van der Waals surface area contributed by atoms with Crippen LogP contribution in [0.3, 0.4) is 0 Å². The molecule has 1 aliphatic rings. The van der Waals surface area contributed by atoms with Crippen LogP contribution in [0.1, 0.15) is 12.6 Å². The van der Waals surface area contributed by atoms with Crippen molar-refractivity contribution < 1.29 is 70.2 Å². The van der Waals surface area contributed by atoms with Crippen LogP contribution < -0.4 is 5.32 Å². The highest BCUT2D eigenvalue weighted by molar-refractivity contribution is 7.99. The third kappa shape index (κ3) is 9.18. The smallest absolute Gasteiger partial charge is 0.387 e. The van der Waals surface area contributed by atoms with Gasteiger partial charge < -0.3 is 39.8 Å². The number of aliphatic hydroxyl groups is 2. The Balaban J connectivity index is 1.82. The monoisotopic (exact) mass is 776 g/mol. The zero-order valence-electron chi connectivity index (χ0n) is 21.8. The number of anilines is 1. The molecule has 0 aliphatic carbocycles. The number of ether oxygens (including phenoxy) is 1. The average molecular weight is 777 g/mol. The van der Waals surface area contributed by atoms with Crippen molar-refractivity contribution >= 4 is 86.7 Å². The Labute approximate surface area is 263 Å². The number of phosphoric acid groups is 1. The van der Waals surface area contributed by atoms with Crippen molar-refractivity contribution in [2.45, 2.75) is 46.1 Å². The van der Waals surface area contributed by atoms with E-state index in [1.54, 1.807) is 0 Å². The van der Waals surface area contributed by atoms with Gasteiger partial charge in [0.2, 0.25) is 0 Å². The summed E-state index contributed by atoms with van der Waals surface area (Å²) in [5.41, 5.74) is -0.103. The van der Waals surface area contributed by atoms with Gasteiger partial charge in [-0.25, -0.2) is 18.8 Å². The van der Waals surface area contributed by atoms with E-state index in [1.807, 2.05) is 6.26 Å². The number of thioether (sulfide) groups is 2. The van der Waals surface area contributed by atoms with E-state index >= 15 is 0 Å². The lowest BCUT2D eigenvalue weighted by molar-refractivity contribution is -0.129. The van der Waals surface area contributed by atoms with Crippen LogP contribution in [0, 0.1) is 0 Å². The molecule has 0 saturated carbocycles. The number of nitrogens with one attached hydrogen (secondary N) is 1. The average Bonchev–Trinajstić information content (AvgIpc) is 3.41. The number of hydrogen-bond acceptors (Lipinski definition) is 15.